The summed E-state index contributed by atoms with van der Waals surface area (Å²) in [4.78, 5) is 14.0. The standard InChI is InChI=1S/C22H35N3O5S/c1-7-8-18-9-10-21-19(11-18)30-20(13-24(6)22(27)23-15(2)3)16(4)12-25(17(5)14-26)31(21,28)29/h7-11,15-17,20,26H,12-14H2,1-6H3,(H,23,27)/b8-7+/t16-,17-,20-/m0/s1. The third kappa shape index (κ3) is 5.99. The summed E-state index contributed by atoms with van der Waals surface area (Å²) in [6.07, 6.45) is 3.29. The van der Waals surface area contributed by atoms with Crippen molar-refractivity contribution in [2.45, 2.75) is 57.7 Å². The van der Waals surface area contributed by atoms with Crippen molar-refractivity contribution in [2.75, 3.05) is 26.7 Å². The molecule has 1 aliphatic rings. The highest BCUT2D eigenvalue weighted by Crippen LogP contribution is 2.34. The highest BCUT2D eigenvalue weighted by Gasteiger charge is 2.38. The van der Waals surface area contributed by atoms with E-state index >= 15 is 0 Å². The number of nitrogens with one attached hydrogen (secondary N) is 1. The Hall–Kier alpha value is -2.10. The van der Waals surface area contributed by atoms with Gasteiger partial charge in [0.2, 0.25) is 10.0 Å². The molecule has 174 valence electrons. The minimum Gasteiger partial charge on any atom is -0.487 e. The number of amides is 2. The maximum Gasteiger partial charge on any atom is 0.317 e. The van der Waals surface area contributed by atoms with E-state index in [1.54, 1.807) is 37.1 Å². The fourth-order valence-electron chi connectivity index (χ4n) is 3.47. The summed E-state index contributed by atoms with van der Waals surface area (Å²) in [7, 11) is -2.18. The third-order valence-corrected chi connectivity index (χ3v) is 7.28. The Morgan fingerprint density at radius 2 is 2.06 bits per heavy atom. The maximum atomic E-state index is 13.4. The van der Waals surface area contributed by atoms with Crippen molar-refractivity contribution in [2.24, 2.45) is 5.92 Å². The lowest BCUT2D eigenvalue weighted by atomic mass is 10.0. The molecular weight excluding hydrogens is 418 g/mol. The molecular formula is C22H35N3O5S. The zero-order chi connectivity index (χ0) is 23.3. The van der Waals surface area contributed by atoms with Gasteiger partial charge in [-0.1, -0.05) is 25.1 Å². The van der Waals surface area contributed by atoms with Crippen LogP contribution in [0.5, 0.6) is 5.75 Å². The molecule has 8 nitrogen and oxygen atoms in total. The van der Waals surface area contributed by atoms with Gasteiger partial charge < -0.3 is 20.1 Å². The number of sulfonamides is 1. The molecule has 1 aromatic rings. The molecule has 0 aromatic heterocycles. The van der Waals surface area contributed by atoms with Crippen LogP contribution in [0.4, 0.5) is 4.79 Å². The molecule has 2 rings (SSSR count). The van der Waals surface area contributed by atoms with Crippen molar-refractivity contribution >= 4 is 22.1 Å². The summed E-state index contributed by atoms with van der Waals surface area (Å²) in [5.74, 6) is 0.0246. The number of likely N-dealkylation sites (N-methyl/N-ethyl adjacent to an activating group) is 1. The van der Waals surface area contributed by atoms with E-state index in [0.717, 1.165) is 5.56 Å². The normalized spacial score (nSPS) is 22.3. The molecule has 2 N–H and O–H groups in total. The number of ether oxygens (including phenoxy) is 1. The molecule has 1 heterocycles. The number of carbonyl (C=O) groups excluding carboxylic acids is 1. The Labute approximate surface area is 185 Å². The summed E-state index contributed by atoms with van der Waals surface area (Å²) >= 11 is 0. The highest BCUT2D eigenvalue weighted by atomic mass is 32.2. The maximum absolute atomic E-state index is 13.4. The Morgan fingerprint density at radius 3 is 2.65 bits per heavy atom. The van der Waals surface area contributed by atoms with Crippen LogP contribution in [-0.2, 0) is 10.0 Å². The number of aliphatic hydroxyl groups is 1. The molecule has 2 amide bonds. The molecule has 0 unspecified atom stereocenters. The fraction of sp³-hybridized carbons (Fsp3) is 0.591. The van der Waals surface area contributed by atoms with Crippen LogP contribution >= 0.6 is 0 Å². The summed E-state index contributed by atoms with van der Waals surface area (Å²) in [6.45, 7) is 9.40. The van der Waals surface area contributed by atoms with Crippen LogP contribution < -0.4 is 10.1 Å². The average Bonchev–Trinajstić information content (AvgIpc) is 2.69. The van der Waals surface area contributed by atoms with Crippen molar-refractivity contribution in [3.8, 4) is 5.75 Å². The Morgan fingerprint density at radius 1 is 1.39 bits per heavy atom. The monoisotopic (exact) mass is 453 g/mol. The number of hydrogen-bond donors (Lipinski definition) is 2. The number of carbonyl (C=O) groups is 1. The van der Waals surface area contributed by atoms with Gasteiger partial charge in [0, 0.05) is 31.6 Å². The molecule has 0 saturated heterocycles. The zero-order valence-electron chi connectivity index (χ0n) is 19.2. The van der Waals surface area contributed by atoms with Gasteiger partial charge in [-0.2, -0.15) is 4.31 Å². The molecule has 0 spiro atoms. The molecule has 0 bridgehead atoms. The van der Waals surface area contributed by atoms with Crippen molar-refractivity contribution in [1.29, 1.82) is 0 Å². The first-order valence-electron chi connectivity index (χ1n) is 10.6. The second-order valence-corrected chi connectivity index (χ2v) is 10.3. The van der Waals surface area contributed by atoms with Gasteiger partial charge in [0.1, 0.15) is 16.7 Å². The number of nitrogens with zero attached hydrogens (tertiary/aromatic N) is 2. The smallest absolute Gasteiger partial charge is 0.317 e. The topological polar surface area (TPSA) is 99.2 Å². The van der Waals surface area contributed by atoms with Gasteiger partial charge in [-0.05, 0) is 45.4 Å². The van der Waals surface area contributed by atoms with E-state index in [-0.39, 0.29) is 48.3 Å². The first-order valence-corrected chi connectivity index (χ1v) is 12.0. The SMILES string of the molecule is C/C=C/c1ccc2c(c1)O[C@@H](CN(C)C(=O)NC(C)C)[C@@H](C)CN([C@@H](C)CO)S2(=O)=O. The van der Waals surface area contributed by atoms with E-state index in [1.165, 1.54) is 4.31 Å². The summed E-state index contributed by atoms with van der Waals surface area (Å²) in [5, 5.41) is 12.5. The minimum atomic E-state index is -3.87. The second kappa shape index (κ2) is 10.5. The molecule has 1 aromatic carbocycles. The molecule has 31 heavy (non-hydrogen) atoms. The molecule has 9 heteroatoms. The summed E-state index contributed by atoms with van der Waals surface area (Å²) in [6, 6.07) is 4.16. The van der Waals surface area contributed by atoms with Gasteiger partial charge in [0.15, 0.2) is 0 Å². The van der Waals surface area contributed by atoms with E-state index in [4.69, 9.17) is 4.74 Å². The number of hydrogen-bond acceptors (Lipinski definition) is 5. The van der Waals surface area contributed by atoms with Gasteiger partial charge in [-0.3, -0.25) is 0 Å². The third-order valence-electron chi connectivity index (χ3n) is 5.26. The van der Waals surface area contributed by atoms with Crippen molar-refractivity contribution in [1.82, 2.24) is 14.5 Å². The first-order chi connectivity index (χ1) is 14.5. The summed E-state index contributed by atoms with van der Waals surface area (Å²) in [5.41, 5.74) is 0.816. The van der Waals surface area contributed by atoms with Crippen LogP contribution in [0.15, 0.2) is 29.2 Å². The number of benzene rings is 1. The first kappa shape index (κ1) is 25.2. The van der Waals surface area contributed by atoms with Crippen LogP contribution in [0, 0.1) is 5.92 Å². The van der Waals surface area contributed by atoms with Crippen LogP contribution in [0.1, 0.15) is 40.2 Å². The van der Waals surface area contributed by atoms with Gasteiger partial charge >= 0.3 is 6.03 Å². The van der Waals surface area contributed by atoms with Crippen molar-refractivity contribution in [3.05, 3.63) is 29.8 Å². The Kier molecular flexibility index (Phi) is 8.50. The van der Waals surface area contributed by atoms with E-state index in [2.05, 4.69) is 5.32 Å². The van der Waals surface area contributed by atoms with Gasteiger partial charge in [-0.25, -0.2) is 13.2 Å². The van der Waals surface area contributed by atoms with Crippen LogP contribution in [0.2, 0.25) is 0 Å². The zero-order valence-corrected chi connectivity index (χ0v) is 20.0. The van der Waals surface area contributed by atoms with Gasteiger partial charge in [0.05, 0.1) is 13.2 Å². The lowest BCUT2D eigenvalue weighted by Crippen LogP contribution is -2.51. The molecule has 0 saturated carbocycles. The quantitative estimate of drug-likeness (QED) is 0.690. The molecule has 1 aliphatic heterocycles. The molecule has 0 radical (unpaired) electrons. The number of fused-ring (bicyclic) bond motifs is 1. The number of rotatable bonds is 6. The molecule has 3 atom stereocenters. The highest BCUT2D eigenvalue weighted by molar-refractivity contribution is 7.89. The fourth-order valence-corrected chi connectivity index (χ4v) is 5.29. The molecule has 0 fully saturated rings. The minimum absolute atomic E-state index is 0.000721. The van der Waals surface area contributed by atoms with Crippen molar-refractivity contribution < 1.29 is 23.1 Å². The van der Waals surface area contributed by atoms with Crippen LogP contribution in [0.3, 0.4) is 0 Å². The number of allylic oxidation sites excluding steroid dienone is 1. The molecule has 0 aliphatic carbocycles. The lowest BCUT2D eigenvalue weighted by molar-refractivity contribution is 0.0810. The Bertz CT molecular complexity index is 900. The lowest BCUT2D eigenvalue weighted by Gasteiger charge is -2.37. The van der Waals surface area contributed by atoms with Crippen molar-refractivity contribution in [3.63, 3.8) is 0 Å². The average molecular weight is 454 g/mol. The number of urea groups is 1. The summed E-state index contributed by atoms with van der Waals surface area (Å²) < 4.78 is 34.3. The Balaban J connectivity index is 2.50. The second-order valence-electron chi connectivity index (χ2n) is 8.43. The van der Waals surface area contributed by atoms with Gasteiger partial charge in [-0.15, -0.1) is 0 Å². The predicted molar refractivity (Wildman–Crippen MR) is 121 cm³/mol. The number of aliphatic hydroxyl groups excluding tert-OH is 1. The van der Waals surface area contributed by atoms with Gasteiger partial charge in [0.25, 0.3) is 0 Å². The van der Waals surface area contributed by atoms with E-state index in [0.29, 0.717) is 0 Å². The predicted octanol–water partition coefficient (Wildman–Crippen LogP) is 2.54. The van der Waals surface area contributed by atoms with E-state index in [9.17, 15) is 18.3 Å². The van der Waals surface area contributed by atoms with E-state index in [1.807, 2.05) is 39.8 Å². The largest absolute Gasteiger partial charge is 0.487 e. The van der Waals surface area contributed by atoms with E-state index < -0.39 is 22.2 Å². The van der Waals surface area contributed by atoms with Crippen LogP contribution in [0.25, 0.3) is 6.08 Å². The van der Waals surface area contributed by atoms with Crippen LogP contribution in [-0.4, -0.2) is 73.7 Å².